The van der Waals surface area contributed by atoms with E-state index in [-0.39, 0.29) is 5.92 Å². The number of alkyl halides is 3. The van der Waals surface area contributed by atoms with Crippen molar-refractivity contribution in [3.8, 4) is 0 Å². The van der Waals surface area contributed by atoms with Gasteiger partial charge in [0.05, 0.1) is 17.7 Å². The van der Waals surface area contributed by atoms with Crippen molar-refractivity contribution in [3.63, 3.8) is 0 Å². The average Bonchev–Trinajstić information content (AvgIpc) is 2.88. The van der Waals surface area contributed by atoms with Gasteiger partial charge in [-0.1, -0.05) is 19.9 Å². The number of rotatable bonds is 5. The quantitative estimate of drug-likeness (QED) is 0.688. The minimum absolute atomic E-state index is 0.174. The number of hydrogen-bond acceptors (Lipinski definition) is 3. The number of hydrogen-bond donors (Lipinski definition) is 0. The lowest BCUT2D eigenvalue weighted by Crippen LogP contribution is -2.21. The van der Waals surface area contributed by atoms with E-state index in [4.69, 9.17) is 4.74 Å². The highest BCUT2D eigenvalue weighted by molar-refractivity contribution is 7.09. The van der Waals surface area contributed by atoms with E-state index < -0.39 is 29.0 Å². The van der Waals surface area contributed by atoms with E-state index in [0.717, 1.165) is 22.7 Å². The second kappa shape index (κ2) is 8.35. The molecule has 0 bridgehead atoms. The van der Waals surface area contributed by atoms with Crippen LogP contribution in [0.3, 0.4) is 0 Å². The Morgan fingerprint density at radius 1 is 1.33 bits per heavy atom. The van der Waals surface area contributed by atoms with Crippen LogP contribution in [0.1, 0.15) is 46.3 Å². The number of halogens is 4. The topological polar surface area (TPSA) is 43.6 Å². The Labute approximate surface area is 158 Å². The minimum atomic E-state index is -4.89. The SMILES string of the molecule is COCCn1c(C)c(C(C)C)s/c1=N\C(=O)c1cccc(C(F)(F)F)c1F. The lowest BCUT2D eigenvalue weighted by Gasteiger charge is -2.09. The van der Waals surface area contributed by atoms with Gasteiger partial charge in [0.25, 0.3) is 5.91 Å². The zero-order valence-electron chi connectivity index (χ0n) is 15.4. The van der Waals surface area contributed by atoms with Crippen molar-refractivity contribution in [3.05, 3.63) is 50.5 Å². The van der Waals surface area contributed by atoms with Crippen molar-refractivity contribution >= 4 is 17.2 Å². The predicted octanol–water partition coefficient (Wildman–Crippen LogP) is 4.53. The van der Waals surface area contributed by atoms with Crippen LogP contribution in [-0.2, 0) is 17.5 Å². The van der Waals surface area contributed by atoms with Crippen LogP contribution in [-0.4, -0.2) is 24.2 Å². The van der Waals surface area contributed by atoms with Crippen molar-refractivity contribution in [2.45, 2.75) is 39.4 Å². The Bertz CT molecular complexity index is 898. The molecule has 1 aromatic heterocycles. The maximum absolute atomic E-state index is 14.2. The Balaban J connectivity index is 2.56. The largest absolute Gasteiger partial charge is 0.419 e. The molecule has 0 saturated carbocycles. The van der Waals surface area contributed by atoms with Gasteiger partial charge in [-0.25, -0.2) is 4.39 Å². The molecule has 9 heteroatoms. The van der Waals surface area contributed by atoms with Crippen molar-refractivity contribution in [2.24, 2.45) is 4.99 Å². The summed E-state index contributed by atoms with van der Waals surface area (Å²) in [6.07, 6.45) is -4.89. The first-order valence-corrected chi connectivity index (χ1v) is 9.03. The molecule has 2 aromatic rings. The van der Waals surface area contributed by atoms with E-state index >= 15 is 0 Å². The zero-order chi connectivity index (χ0) is 20.4. The van der Waals surface area contributed by atoms with E-state index in [2.05, 4.69) is 4.99 Å². The zero-order valence-corrected chi connectivity index (χ0v) is 16.2. The highest BCUT2D eigenvalue weighted by Crippen LogP contribution is 2.32. The second-order valence-electron chi connectivity index (χ2n) is 6.22. The molecule has 0 radical (unpaired) electrons. The molecule has 0 N–H and O–H groups in total. The first kappa shape index (κ1) is 21.3. The standard InChI is InChI=1S/C18H20F4N2O2S/c1-10(2)15-11(3)24(8-9-26-4)17(27-15)23-16(25)12-6-5-7-13(14(12)19)18(20,21)22/h5-7,10H,8-9H2,1-4H3/b23-17-. The van der Waals surface area contributed by atoms with Gasteiger partial charge in [-0.15, -0.1) is 11.3 Å². The molecule has 2 rings (SSSR count). The molecule has 1 amide bonds. The van der Waals surface area contributed by atoms with Gasteiger partial charge in [-0.3, -0.25) is 4.79 Å². The molecule has 1 aromatic carbocycles. The van der Waals surface area contributed by atoms with Crippen molar-refractivity contribution in [1.29, 1.82) is 0 Å². The van der Waals surface area contributed by atoms with Crippen LogP contribution in [0.5, 0.6) is 0 Å². The fourth-order valence-electron chi connectivity index (χ4n) is 2.63. The minimum Gasteiger partial charge on any atom is -0.383 e. The predicted molar refractivity (Wildman–Crippen MR) is 94.3 cm³/mol. The number of benzene rings is 1. The number of amides is 1. The number of ether oxygens (including phenoxy) is 1. The van der Waals surface area contributed by atoms with Crippen LogP contribution in [0.25, 0.3) is 0 Å². The number of nitrogens with zero attached hydrogens (tertiary/aromatic N) is 2. The van der Waals surface area contributed by atoms with E-state index in [9.17, 15) is 22.4 Å². The summed E-state index contributed by atoms with van der Waals surface area (Å²) in [5.41, 5.74) is -1.30. The molecule has 27 heavy (non-hydrogen) atoms. The highest BCUT2D eigenvalue weighted by atomic mass is 32.1. The maximum Gasteiger partial charge on any atom is 0.419 e. The Morgan fingerprint density at radius 3 is 2.56 bits per heavy atom. The summed E-state index contributed by atoms with van der Waals surface area (Å²) < 4.78 is 59.6. The number of methoxy groups -OCH3 is 1. The first-order valence-electron chi connectivity index (χ1n) is 8.21. The molecule has 0 spiro atoms. The molecule has 1 heterocycles. The van der Waals surface area contributed by atoms with Crippen LogP contribution >= 0.6 is 11.3 Å². The van der Waals surface area contributed by atoms with Crippen LogP contribution in [0.2, 0.25) is 0 Å². The van der Waals surface area contributed by atoms with Gasteiger partial charge in [0.1, 0.15) is 5.82 Å². The molecule has 0 saturated heterocycles. The summed E-state index contributed by atoms with van der Waals surface area (Å²) in [7, 11) is 1.53. The monoisotopic (exact) mass is 404 g/mol. The summed E-state index contributed by atoms with van der Waals surface area (Å²) in [5, 5.41) is 0. The summed E-state index contributed by atoms with van der Waals surface area (Å²) in [6.45, 7) is 6.63. The van der Waals surface area contributed by atoms with Gasteiger partial charge in [0, 0.05) is 24.2 Å². The summed E-state index contributed by atoms with van der Waals surface area (Å²) in [6, 6.07) is 2.59. The van der Waals surface area contributed by atoms with Gasteiger partial charge in [-0.2, -0.15) is 18.2 Å². The third-order valence-electron chi connectivity index (χ3n) is 3.97. The third kappa shape index (κ3) is 4.65. The van der Waals surface area contributed by atoms with E-state index in [0.29, 0.717) is 24.0 Å². The molecular weight excluding hydrogens is 384 g/mol. The van der Waals surface area contributed by atoms with Crippen molar-refractivity contribution < 1.29 is 27.1 Å². The Morgan fingerprint density at radius 2 is 2.00 bits per heavy atom. The van der Waals surface area contributed by atoms with Gasteiger partial charge in [0.2, 0.25) is 0 Å². The van der Waals surface area contributed by atoms with Crippen LogP contribution in [0.15, 0.2) is 23.2 Å². The van der Waals surface area contributed by atoms with Crippen LogP contribution < -0.4 is 4.80 Å². The number of carbonyl (C=O) groups is 1. The van der Waals surface area contributed by atoms with Crippen molar-refractivity contribution in [1.82, 2.24) is 4.57 Å². The summed E-state index contributed by atoms with van der Waals surface area (Å²) in [5.74, 6) is -2.49. The highest BCUT2D eigenvalue weighted by Gasteiger charge is 2.35. The third-order valence-corrected chi connectivity index (χ3v) is 5.45. The molecular formula is C18H20F4N2O2S. The summed E-state index contributed by atoms with van der Waals surface area (Å²) in [4.78, 5) is 17.6. The lowest BCUT2D eigenvalue weighted by molar-refractivity contribution is -0.140. The molecule has 0 aliphatic rings. The fraction of sp³-hybridized carbons (Fsp3) is 0.444. The molecule has 0 aliphatic carbocycles. The number of carbonyl (C=O) groups excluding carboxylic acids is 1. The number of thiazole rings is 1. The molecule has 148 valence electrons. The second-order valence-corrected chi connectivity index (χ2v) is 7.22. The Hall–Kier alpha value is -2.00. The normalized spacial score (nSPS) is 12.9. The van der Waals surface area contributed by atoms with Gasteiger partial charge in [-0.05, 0) is 25.0 Å². The van der Waals surface area contributed by atoms with E-state index in [1.54, 1.807) is 4.57 Å². The van der Waals surface area contributed by atoms with Gasteiger partial charge in [0.15, 0.2) is 4.80 Å². The fourth-order valence-corrected chi connectivity index (χ4v) is 3.79. The van der Waals surface area contributed by atoms with E-state index in [1.807, 2.05) is 20.8 Å². The molecule has 0 aliphatic heterocycles. The molecule has 0 atom stereocenters. The van der Waals surface area contributed by atoms with Gasteiger partial charge < -0.3 is 9.30 Å². The van der Waals surface area contributed by atoms with Crippen LogP contribution in [0, 0.1) is 12.7 Å². The average molecular weight is 404 g/mol. The first-order chi connectivity index (χ1) is 12.6. The molecule has 0 fully saturated rings. The summed E-state index contributed by atoms with van der Waals surface area (Å²) >= 11 is 1.26. The number of aromatic nitrogens is 1. The lowest BCUT2D eigenvalue weighted by atomic mass is 10.1. The maximum atomic E-state index is 14.2. The molecule has 0 unspecified atom stereocenters. The van der Waals surface area contributed by atoms with Crippen molar-refractivity contribution in [2.75, 3.05) is 13.7 Å². The van der Waals surface area contributed by atoms with Gasteiger partial charge >= 0.3 is 6.18 Å². The molecule has 4 nitrogen and oxygen atoms in total. The van der Waals surface area contributed by atoms with Crippen LogP contribution in [0.4, 0.5) is 17.6 Å². The van der Waals surface area contributed by atoms with E-state index in [1.165, 1.54) is 18.4 Å². The Kier molecular flexibility index (Phi) is 6.59. The smallest absolute Gasteiger partial charge is 0.383 e.